The lowest BCUT2D eigenvalue weighted by atomic mass is 10.1. The molecule has 0 aliphatic carbocycles. The summed E-state index contributed by atoms with van der Waals surface area (Å²) in [6, 6.07) is 5.39. The first-order chi connectivity index (χ1) is 12.5. The molecule has 0 spiro atoms. The second-order valence-corrected chi connectivity index (χ2v) is 6.17. The molecule has 0 unspecified atom stereocenters. The Morgan fingerprint density at radius 2 is 1.96 bits per heavy atom. The second-order valence-electron chi connectivity index (χ2n) is 6.17. The molecular weight excluding hydrogens is 334 g/mol. The maximum atomic E-state index is 11.8. The monoisotopic (exact) mass is 365 g/mol. The minimum atomic E-state index is -0.426. The zero-order chi connectivity index (χ0) is 19.4. The predicted octanol–water partition coefficient (Wildman–Crippen LogP) is 2.21. The van der Waals surface area contributed by atoms with Crippen molar-refractivity contribution in [1.82, 2.24) is 10.6 Å². The van der Waals surface area contributed by atoms with E-state index in [1.807, 2.05) is 6.07 Å². The van der Waals surface area contributed by atoms with Gasteiger partial charge in [0.15, 0.2) is 5.96 Å². The van der Waals surface area contributed by atoms with E-state index in [4.69, 9.17) is 14.2 Å². The van der Waals surface area contributed by atoms with Crippen molar-refractivity contribution < 1.29 is 19.0 Å². The first-order valence-corrected chi connectivity index (χ1v) is 8.79. The lowest BCUT2D eigenvalue weighted by molar-refractivity contribution is 0.0597. The highest BCUT2D eigenvalue weighted by molar-refractivity contribution is 5.92. The van der Waals surface area contributed by atoms with Crippen molar-refractivity contribution in [3.63, 3.8) is 0 Å². The molecule has 1 aromatic carbocycles. The van der Waals surface area contributed by atoms with Gasteiger partial charge in [0.05, 0.1) is 20.8 Å². The number of nitrogens with zero attached hydrogens (tertiary/aromatic N) is 1. The van der Waals surface area contributed by atoms with E-state index in [0.717, 1.165) is 18.6 Å². The van der Waals surface area contributed by atoms with E-state index in [1.54, 1.807) is 19.2 Å². The van der Waals surface area contributed by atoms with Gasteiger partial charge in [0.2, 0.25) is 0 Å². The summed E-state index contributed by atoms with van der Waals surface area (Å²) >= 11 is 0. The number of methoxy groups -OCH3 is 2. The topological polar surface area (TPSA) is 81.2 Å². The molecule has 0 atom stereocenters. The average Bonchev–Trinajstić information content (AvgIpc) is 2.65. The van der Waals surface area contributed by atoms with Crippen molar-refractivity contribution in [3.05, 3.63) is 29.3 Å². The molecule has 0 radical (unpaired) electrons. The summed E-state index contributed by atoms with van der Waals surface area (Å²) in [6.07, 6.45) is 1.06. The molecule has 0 aliphatic heterocycles. The zero-order valence-electron chi connectivity index (χ0n) is 16.4. The van der Waals surface area contributed by atoms with Crippen LogP contribution in [0.5, 0.6) is 5.75 Å². The van der Waals surface area contributed by atoms with Crippen LogP contribution in [0.15, 0.2) is 23.2 Å². The fourth-order valence-electron chi connectivity index (χ4n) is 2.20. The molecule has 0 amide bonds. The third-order valence-corrected chi connectivity index (χ3v) is 3.73. The maximum absolute atomic E-state index is 11.8. The number of aliphatic imine (C=N–C) groups is 1. The van der Waals surface area contributed by atoms with E-state index in [-0.39, 0.29) is 0 Å². The van der Waals surface area contributed by atoms with E-state index in [9.17, 15) is 4.79 Å². The Hall–Kier alpha value is -2.28. The van der Waals surface area contributed by atoms with Crippen LogP contribution in [0.4, 0.5) is 0 Å². The van der Waals surface area contributed by atoms with E-state index >= 15 is 0 Å². The van der Waals surface area contributed by atoms with Crippen LogP contribution in [-0.2, 0) is 16.0 Å². The number of rotatable bonds is 10. The lowest BCUT2D eigenvalue weighted by Gasteiger charge is -2.14. The van der Waals surface area contributed by atoms with Gasteiger partial charge in [0.25, 0.3) is 0 Å². The Bertz CT molecular complexity index is 588. The Kier molecular flexibility index (Phi) is 10.2. The molecule has 2 N–H and O–H groups in total. The van der Waals surface area contributed by atoms with Crippen molar-refractivity contribution in [1.29, 1.82) is 0 Å². The molecule has 0 saturated heterocycles. The number of hydrogen-bond donors (Lipinski definition) is 2. The molecule has 0 aliphatic rings. The van der Waals surface area contributed by atoms with Crippen LogP contribution in [0, 0.1) is 5.92 Å². The van der Waals surface area contributed by atoms with Crippen LogP contribution in [-0.4, -0.2) is 53.0 Å². The summed E-state index contributed by atoms with van der Waals surface area (Å²) in [4.78, 5) is 16.0. The first kappa shape index (κ1) is 21.8. The van der Waals surface area contributed by atoms with E-state index in [1.165, 1.54) is 14.2 Å². The third kappa shape index (κ3) is 7.74. The summed E-state index contributed by atoms with van der Waals surface area (Å²) in [5.74, 6) is 1.39. The predicted molar refractivity (Wildman–Crippen MR) is 103 cm³/mol. The van der Waals surface area contributed by atoms with Gasteiger partial charge < -0.3 is 24.8 Å². The quantitative estimate of drug-likeness (QED) is 0.286. The SMILES string of the molecule is CN=C(NCCOCCC(C)C)NCc1ccc(OC)c(C(=O)OC)c1. The maximum Gasteiger partial charge on any atom is 0.341 e. The summed E-state index contributed by atoms with van der Waals surface area (Å²) < 4.78 is 15.6. The van der Waals surface area contributed by atoms with Crippen molar-refractivity contribution in [2.75, 3.05) is 41.0 Å². The molecule has 26 heavy (non-hydrogen) atoms. The molecule has 7 heteroatoms. The van der Waals surface area contributed by atoms with Crippen LogP contribution in [0.2, 0.25) is 0 Å². The molecule has 0 fully saturated rings. The van der Waals surface area contributed by atoms with Crippen molar-refractivity contribution in [3.8, 4) is 5.75 Å². The fraction of sp³-hybridized carbons (Fsp3) is 0.579. The highest BCUT2D eigenvalue weighted by Crippen LogP contribution is 2.20. The number of guanidine groups is 1. The van der Waals surface area contributed by atoms with E-state index in [2.05, 4.69) is 29.5 Å². The minimum absolute atomic E-state index is 0.399. The fourth-order valence-corrected chi connectivity index (χ4v) is 2.20. The molecule has 1 rings (SSSR count). The molecule has 0 aromatic heterocycles. The van der Waals surface area contributed by atoms with Gasteiger partial charge in [-0.15, -0.1) is 0 Å². The number of nitrogens with one attached hydrogen (secondary N) is 2. The highest BCUT2D eigenvalue weighted by atomic mass is 16.5. The van der Waals surface area contributed by atoms with Crippen LogP contribution in [0.3, 0.4) is 0 Å². The molecule has 1 aromatic rings. The lowest BCUT2D eigenvalue weighted by Crippen LogP contribution is -2.38. The molecular formula is C19H31N3O4. The van der Waals surface area contributed by atoms with E-state index < -0.39 is 5.97 Å². The second kappa shape index (κ2) is 12.1. The molecule has 7 nitrogen and oxygen atoms in total. The van der Waals surface area contributed by atoms with Gasteiger partial charge in [-0.05, 0) is 30.0 Å². The average molecular weight is 365 g/mol. The minimum Gasteiger partial charge on any atom is -0.496 e. The van der Waals surface area contributed by atoms with Crippen LogP contribution < -0.4 is 15.4 Å². The first-order valence-electron chi connectivity index (χ1n) is 8.79. The van der Waals surface area contributed by atoms with Crippen LogP contribution >= 0.6 is 0 Å². The summed E-state index contributed by atoms with van der Waals surface area (Å²) in [6.45, 7) is 6.95. The Morgan fingerprint density at radius 1 is 1.19 bits per heavy atom. The largest absolute Gasteiger partial charge is 0.496 e. The summed E-state index contributed by atoms with van der Waals surface area (Å²) in [5.41, 5.74) is 1.32. The highest BCUT2D eigenvalue weighted by Gasteiger charge is 2.13. The van der Waals surface area contributed by atoms with E-state index in [0.29, 0.717) is 42.9 Å². The Labute approximate surface area is 156 Å². The third-order valence-electron chi connectivity index (χ3n) is 3.73. The van der Waals surface area contributed by atoms with Crippen molar-refractivity contribution in [2.45, 2.75) is 26.8 Å². The summed E-state index contributed by atoms with van der Waals surface area (Å²) in [5, 5.41) is 6.40. The van der Waals surface area contributed by atoms with Gasteiger partial charge >= 0.3 is 5.97 Å². The van der Waals surface area contributed by atoms with Crippen molar-refractivity contribution in [2.24, 2.45) is 10.9 Å². The van der Waals surface area contributed by atoms with Gasteiger partial charge in [-0.1, -0.05) is 19.9 Å². The Morgan fingerprint density at radius 3 is 2.58 bits per heavy atom. The zero-order valence-corrected chi connectivity index (χ0v) is 16.4. The van der Waals surface area contributed by atoms with Crippen LogP contribution in [0.25, 0.3) is 0 Å². The van der Waals surface area contributed by atoms with Gasteiger partial charge in [-0.3, -0.25) is 4.99 Å². The standard InChI is InChI=1S/C19H31N3O4/c1-14(2)8-10-26-11-9-21-19(20-3)22-13-15-6-7-17(24-4)16(12-15)18(23)25-5/h6-7,12,14H,8-11,13H2,1-5H3,(H2,20,21,22). The summed E-state index contributed by atoms with van der Waals surface area (Å²) in [7, 11) is 4.58. The molecule has 0 heterocycles. The van der Waals surface area contributed by atoms with Crippen LogP contribution in [0.1, 0.15) is 36.2 Å². The number of benzene rings is 1. The molecule has 0 bridgehead atoms. The molecule has 146 valence electrons. The Balaban J connectivity index is 2.47. The number of carbonyl (C=O) groups is 1. The molecule has 0 saturated carbocycles. The number of hydrogen-bond acceptors (Lipinski definition) is 5. The smallest absolute Gasteiger partial charge is 0.341 e. The van der Waals surface area contributed by atoms with Gasteiger partial charge in [-0.25, -0.2) is 4.79 Å². The van der Waals surface area contributed by atoms with Gasteiger partial charge in [-0.2, -0.15) is 0 Å². The van der Waals surface area contributed by atoms with Crippen molar-refractivity contribution >= 4 is 11.9 Å². The number of ether oxygens (including phenoxy) is 3. The normalized spacial score (nSPS) is 11.4. The van der Waals surface area contributed by atoms with Gasteiger partial charge in [0.1, 0.15) is 11.3 Å². The number of esters is 1. The van der Waals surface area contributed by atoms with Gasteiger partial charge in [0, 0.05) is 26.7 Å². The number of carbonyl (C=O) groups excluding carboxylic acids is 1.